The topological polar surface area (TPSA) is 43.2 Å². The lowest BCUT2D eigenvalue weighted by Gasteiger charge is -2.21. The van der Waals surface area contributed by atoms with Crippen LogP contribution in [-0.4, -0.2) is 41.5 Å². The molecule has 0 bridgehead atoms. The molecule has 23 heavy (non-hydrogen) atoms. The van der Waals surface area contributed by atoms with Crippen molar-refractivity contribution < 1.29 is 0 Å². The third-order valence-electron chi connectivity index (χ3n) is 4.36. The summed E-state index contributed by atoms with van der Waals surface area (Å²) in [5.74, 6) is 0.739. The Bertz CT molecular complexity index is 685. The van der Waals surface area contributed by atoms with Gasteiger partial charge >= 0.3 is 0 Å². The monoisotopic (exact) mass is 346 g/mol. The van der Waals surface area contributed by atoms with E-state index in [0.717, 1.165) is 44.2 Å². The molecule has 1 atom stereocenters. The van der Waals surface area contributed by atoms with Crippen LogP contribution < -0.4 is 0 Å². The summed E-state index contributed by atoms with van der Waals surface area (Å²) in [5.41, 5.74) is 3.90. The Morgan fingerprint density at radius 2 is 2.35 bits per heavy atom. The molecule has 0 aromatic carbocycles. The van der Waals surface area contributed by atoms with Gasteiger partial charge in [-0.25, -0.2) is 4.98 Å². The lowest BCUT2D eigenvalue weighted by molar-refractivity contribution is 0.256. The highest BCUT2D eigenvalue weighted by Crippen LogP contribution is 2.23. The third-order valence-corrected chi connectivity index (χ3v) is 6.20. The van der Waals surface area contributed by atoms with E-state index < -0.39 is 0 Å². The lowest BCUT2D eigenvalue weighted by Crippen LogP contribution is -2.27. The summed E-state index contributed by atoms with van der Waals surface area (Å²) < 4.78 is 0. The average Bonchev–Trinajstić information content (AvgIpc) is 3.23. The molecule has 0 N–H and O–H groups in total. The van der Waals surface area contributed by atoms with E-state index in [9.17, 15) is 0 Å². The van der Waals surface area contributed by atoms with Crippen LogP contribution in [-0.2, 0) is 13.1 Å². The molecule has 1 aliphatic rings. The number of nitrogens with zero attached hydrogens (tertiary/aromatic N) is 4. The van der Waals surface area contributed by atoms with Gasteiger partial charge in [0.15, 0.2) is 0 Å². The second-order valence-corrected chi connectivity index (χ2v) is 8.30. The maximum Gasteiger partial charge on any atom is 0.100 e. The molecule has 6 heteroatoms. The zero-order valence-corrected chi connectivity index (χ0v) is 15.3. The summed E-state index contributed by atoms with van der Waals surface area (Å²) in [6, 6.07) is 4.24. The van der Waals surface area contributed by atoms with Gasteiger partial charge in [0, 0.05) is 41.3 Å². The van der Waals surface area contributed by atoms with Crippen molar-refractivity contribution in [1.82, 2.24) is 14.8 Å². The summed E-state index contributed by atoms with van der Waals surface area (Å²) in [6.07, 6.45) is 1.27. The van der Waals surface area contributed by atoms with E-state index in [1.807, 2.05) is 17.0 Å². The largest absolute Gasteiger partial charge is 0.301 e. The molecule has 2 aromatic rings. The molecule has 4 nitrogen and oxygen atoms in total. The van der Waals surface area contributed by atoms with E-state index in [1.54, 1.807) is 22.7 Å². The first-order valence-electron chi connectivity index (χ1n) is 7.91. The van der Waals surface area contributed by atoms with Crippen molar-refractivity contribution in [2.24, 2.45) is 5.92 Å². The van der Waals surface area contributed by atoms with Crippen LogP contribution >= 0.6 is 22.7 Å². The van der Waals surface area contributed by atoms with Crippen LogP contribution in [0.4, 0.5) is 0 Å². The van der Waals surface area contributed by atoms with Crippen molar-refractivity contribution in [2.75, 3.05) is 26.7 Å². The number of thiazole rings is 1. The van der Waals surface area contributed by atoms with E-state index >= 15 is 0 Å². The van der Waals surface area contributed by atoms with Gasteiger partial charge in [-0.3, -0.25) is 4.90 Å². The van der Waals surface area contributed by atoms with Crippen LogP contribution in [0.15, 0.2) is 17.0 Å². The minimum Gasteiger partial charge on any atom is -0.301 e. The fourth-order valence-electron chi connectivity index (χ4n) is 3.18. The van der Waals surface area contributed by atoms with E-state index in [1.165, 1.54) is 21.9 Å². The minimum atomic E-state index is 0.739. The molecular formula is C17H22N4S2. The predicted octanol–water partition coefficient (Wildman–Crippen LogP) is 3.34. The molecule has 1 fully saturated rings. The predicted molar refractivity (Wildman–Crippen MR) is 95.6 cm³/mol. The Hall–Kier alpha value is -1.26. The van der Waals surface area contributed by atoms with Crippen LogP contribution in [0.2, 0.25) is 0 Å². The quantitative estimate of drug-likeness (QED) is 0.804. The van der Waals surface area contributed by atoms with Gasteiger partial charge in [0.2, 0.25) is 0 Å². The summed E-state index contributed by atoms with van der Waals surface area (Å²) >= 11 is 3.45. The van der Waals surface area contributed by atoms with Gasteiger partial charge in [0.05, 0.1) is 16.8 Å². The fraction of sp³-hybridized carbons (Fsp3) is 0.529. The maximum atomic E-state index is 8.91. The van der Waals surface area contributed by atoms with Gasteiger partial charge in [-0.15, -0.1) is 22.7 Å². The maximum absolute atomic E-state index is 8.91. The number of aryl methyl sites for hydroxylation is 1. The van der Waals surface area contributed by atoms with Crippen molar-refractivity contribution in [3.8, 4) is 6.07 Å². The Morgan fingerprint density at radius 1 is 1.48 bits per heavy atom. The van der Waals surface area contributed by atoms with E-state index in [2.05, 4.69) is 34.8 Å². The van der Waals surface area contributed by atoms with E-state index in [4.69, 9.17) is 5.26 Å². The molecule has 0 unspecified atom stereocenters. The van der Waals surface area contributed by atoms with Crippen molar-refractivity contribution in [2.45, 2.75) is 26.4 Å². The summed E-state index contributed by atoms with van der Waals surface area (Å²) in [5, 5.41) is 10.9. The smallest absolute Gasteiger partial charge is 0.100 e. The Kier molecular flexibility index (Phi) is 5.44. The van der Waals surface area contributed by atoms with E-state index in [-0.39, 0.29) is 0 Å². The minimum absolute atomic E-state index is 0.739. The average molecular weight is 347 g/mol. The molecule has 0 amide bonds. The highest BCUT2D eigenvalue weighted by molar-refractivity contribution is 7.10. The standard InChI is InChI=1S/C17H22N4S2/c1-13-17(23-12-19-13)10-20(2)7-14-3-4-21(8-14)9-16-5-15(6-18)11-22-16/h5,11-12,14H,3-4,7-10H2,1-2H3/t14-/m1/s1. The van der Waals surface area contributed by atoms with Gasteiger partial charge in [-0.2, -0.15) is 5.26 Å². The number of rotatable bonds is 6. The third kappa shape index (κ3) is 4.39. The first-order valence-corrected chi connectivity index (χ1v) is 9.67. The van der Waals surface area contributed by atoms with Crippen molar-refractivity contribution in [3.05, 3.63) is 38.0 Å². The number of aromatic nitrogens is 1. The number of hydrogen-bond acceptors (Lipinski definition) is 6. The number of hydrogen-bond donors (Lipinski definition) is 0. The van der Waals surface area contributed by atoms with Crippen LogP contribution in [0.25, 0.3) is 0 Å². The zero-order valence-electron chi connectivity index (χ0n) is 13.7. The van der Waals surface area contributed by atoms with Gasteiger partial charge in [-0.05, 0) is 38.9 Å². The summed E-state index contributed by atoms with van der Waals surface area (Å²) in [6.45, 7) is 7.54. The Labute approximate surface area is 146 Å². The highest BCUT2D eigenvalue weighted by Gasteiger charge is 2.24. The SMILES string of the molecule is Cc1ncsc1CN(C)C[C@H]1CCN(Cc2cc(C#N)cs2)C1. The zero-order chi connectivity index (χ0) is 16.2. The normalized spacial score (nSPS) is 18.6. The van der Waals surface area contributed by atoms with Crippen LogP contribution in [0, 0.1) is 24.2 Å². The molecule has 0 saturated carbocycles. The summed E-state index contributed by atoms with van der Waals surface area (Å²) in [7, 11) is 2.21. The Balaban J connectivity index is 1.46. The first-order chi connectivity index (χ1) is 11.1. The molecule has 0 aliphatic carbocycles. The second kappa shape index (κ2) is 7.54. The van der Waals surface area contributed by atoms with Crippen molar-refractivity contribution in [3.63, 3.8) is 0 Å². The number of likely N-dealkylation sites (tertiary alicyclic amines) is 1. The van der Waals surface area contributed by atoms with Crippen LogP contribution in [0.1, 0.15) is 27.4 Å². The molecule has 1 saturated heterocycles. The van der Waals surface area contributed by atoms with Gasteiger partial charge in [0.1, 0.15) is 6.07 Å². The van der Waals surface area contributed by atoms with Crippen molar-refractivity contribution >= 4 is 22.7 Å². The molecule has 3 rings (SSSR count). The van der Waals surface area contributed by atoms with Gasteiger partial charge < -0.3 is 4.90 Å². The molecule has 0 spiro atoms. The van der Waals surface area contributed by atoms with Crippen molar-refractivity contribution in [1.29, 1.82) is 5.26 Å². The number of thiophene rings is 1. The Morgan fingerprint density at radius 3 is 3.04 bits per heavy atom. The molecule has 122 valence electrons. The highest BCUT2D eigenvalue weighted by atomic mass is 32.1. The molecule has 1 aliphatic heterocycles. The lowest BCUT2D eigenvalue weighted by atomic mass is 10.1. The summed E-state index contributed by atoms with van der Waals surface area (Å²) in [4.78, 5) is 12.0. The number of nitriles is 1. The first kappa shape index (κ1) is 16.6. The van der Waals surface area contributed by atoms with E-state index in [0.29, 0.717) is 0 Å². The molecule has 3 heterocycles. The molecule has 2 aromatic heterocycles. The van der Waals surface area contributed by atoms with Crippen LogP contribution in [0.3, 0.4) is 0 Å². The van der Waals surface area contributed by atoms with Gasteiger partial charge in [-0.1, -0.05) is 0 Å². The van der Waals surface area contributed by atoms with Gasteiger partial charge in [0.25, 0.3) is 0 Å². The molecular weight excluding hydrogens is 324 g/mol. The fourth-order valence-corrected chi connectivity index (χ4v) is 4.88. The second-order valence-electron chi connectivity index (χ2n) is 6.36. The molecule has 0 radical (unpaired) electrons. The van der Waals surface area contributed by atoms with Crippen LogP contribution in [0.5, 0.6) is 0 Å².